The first-order valence-electron chi connectivity index (χ1n) is 5.32. The third-order valence-corrected chi connectivity index (χ3v) is 2.79. The molecule has 0 aliphatic carbocycles. The molecule has 0 saturated heterocycles. The minimum Gasteiger partial charge on any atom is -0.310 e. The summed E-state index contributed by atoms with van der Waals surface area (Å²) in [5.41, 5.74) is 0.575. The van der Waals surface area contributed by atoms with Crippen molar-refractivity contribution in [3.63, 3.8) is 0 Å². The molecule has 0 heterocycles. The summed E-state index contributed by atoms with van der Waals surface area (Å²) in [5.74, 6) is 0. The van der Waals surface area contributed by atoms with Crippen LogP contribution in [0.1, 0.15) is 18.9 Å². The Labute approximate surface area is 105 Å². The molecule has 17 heavy (non-hydrogen) atoms. The van der Waals surface area contributed by atoms with Crippen LogP contribution in [0.4, 0.5) is 5.69 Å². The van der Waals surface area contributed by atoms with Crippen molar-refractivity contribution < 1.29 is 4.92 Å². The number of benzene rings is 1. The lowest BCUT2D eigenvalue weighted by molar-refractivity contribution is -0.385. The summed E-state index contributed by atoms with van der Waals surface area (Å²) in [6.07, 6.45) is 2.61. The van der Waals surface area contributed by atoms with E-state index in [2.05, 4.69) is 11.9 Å². The number of hydrogen-bond acceptors (Lipinski definition) is 3. The molecule has 1 rings (SSSR count). The highest BCUT2D eigenvalue weighted by Gasteiger charge is 2.16. The Kier molecular flexibility index (Phi) is 5.12. The molecule has 0 fully saturated rings. The van der Waals surface area contributed by atoms with E-state index in [9.17, 15) is 10.1 Å². The van der Waals surface area contributed by atoms with Crippen LogP contribution in [0.25, 0.3) is 0 Å². The van der Waals surface area contributed by atoms with Crippen molar-refractivity contribution in [1.29, 1.82) is 0 Å². The number of hydrogen-bond donors (Lipinski definition) is 1. The Hall–Kier alpha value is -1.39. The van der Waals surface area contributed by atoms with Crippen LogP contribution in [0.3, 0.4) is 0 Å². The summed E-state index contributed by atoms with van der Waals surface area (Å²) < 4.78 is 0. The topological polar surface area (TPSA) is 55.2 Å². The van der Waals surface area contributed by atoms with Crippen molar-refractivity contribution >= 4 is 17.3 Å². The summed E-state index contributed by atoms with van der Waals surface area (Å²) in [6.45, 7) is 6.02. The Morgan fingerprint density at radius 1 is 1.65 bits per heavy atom. The number of nitro groups is 1. The maximum atomic E-state index is 10.8. The molecule has 1 aromatic rings. The van der Waals surface area contributed by atoms with E-state index in [1.807, 2.05) is 6.92 Å². The monoisotopic (exact) mass is 254 g/mol. The fourth-order valence-electron chi connectivity index (χ4n) is 1.50. The molecular formula is C12H15ClN2O2. The maximum absolute atomic E-state index is 10.8. The molecule has 4 nitrogen and oxygen atoms in total. The number of nitrogens with zero attached hydrogens (tertiary/aromatic N) is 1. The zero-order chi connectivity index (χ0) is 12.8. The van der Waals surface area contributed by atoms with Gasteiger partial charge in [0.15, 0.2) is 0 Å². The van der Waals surface area contributed by atoms with Crippen LogP contribution in [-0.4, -0.2) is 11.0 Å². The summed E-state index contributed by atoms with van der Waals surface area (Å²) in [7, 11) is 0. The lowest BCUT2D eigenvalue weighted by Crippen LogP contribution is -2.25. The highest BCUT2D eigenvalue weighted by Crippen LogP contribution is 2.26. The highest BCUT2D eigenvalue weighted by atomic mass is 35.5. The first kappa shape index (κ1) is 13.7. The first-order valence-corrected chi connectivity index (χ1v) is 5.70. The minimum absolute atomic E-state index is 0.0517. The summed E-state index contributed by atoms with van der Waals surface area (Å²) in [4.78, 5) is 10.4. The standard InChI is InChI=1S/C12H15ClN2O2/c1-3-5-9(2)14-8-10-11(13)6-4-7-12(10)15(16)17/h3-4,6-7,9,14H,1,5,8H2,2H3. The molecule has 0 aromatic heterocycles. The lowest BCUT2D eigenvalue weighted by atomic mass is 10.1. The van der Waals surface area contributed by atoms with Gasteiger partial charge in [0.1, 0.15) is 0 Å². The zero-order valence-electron chi connectivity index (χ0n) is 9.65. The molecule has 1 unspecified atom stereocenters. The van der Waals surface area contributed by atoms with Crippen molar-refractivity contribution in [2.75, 3.05) is 0 Å². The molecule has 92 valence electrons. The SMILES string of the molecule is C=CCC(C)NCc1c(Cl)cccc1[N+](=O)[O-]. The molecule has 0 spiro atoms. The second kappa shape index (κ2) is 6.37. The predicted molar refractivity (Wildman–Crippen MR) is 69.2 cm³/mol. The van der Waals surface area contributed by atoms with Crippen LogP contribution in [-0.2, 0) is 6.54 Å². The van der Waals surface area contributed by atoms with Gasteiger partial charge in [-0.3, -0.25) is 10.1 Å². The van der Waals surface area contributed by atoms with E-state index in [1.165, 1.54) is 6.07 Å². The van der Waals surface area contributed by atoms with E-state index >= 15 is 0 Å². The number of nitrogens with one attached hydrogen (secondary N) is 1. The number of nitro benzene ring substituents is 1. The normalized spacial score (nSPS) is 12.1. The number of rotatable bonds is 6. The van der Waals surface area contributed by atoms with E-state index in [0.717, 1.165) is 6.42 Å². The van der Waals surface area contributed by atoms with Gasteiger partial charge in [-0.2, -0.15) is 0 Å². The molecule has 5 heteroatoms. The molecule has 1 N–H and O–H groups in total. The predicted octanol–water partition coefficient (Wildman–Crippen LogP) is 3.30. The van der Waals surface area contributed by atoms with Crippen molar-refractivity contribution in [2.24, 2.45) is 0 Å². The van der Waals surface area contributed by atoms with Crippen LogP contribution in [0.5, 0.6) is 0 Å². The fraction of sp³-hybridized carbons (Fsp3) is 0.333. The van der Waals surface area contributed by atoms with Crippen molar-refractivity contribution in [1.82, 2.24) is 5.32 Å². The van der Waals surface area contributed by atoms with E-state index in [0.29, 0.717) is 17.1 Å². The fourth-order valence-corrected chi connectivity index (χ4v) is 1.74. The van der Waals surface area contributed by atoms with Crippen molar-refractivity contribution in [3.05, 3.63) is 51.6 Å². The molecule has 1 aromatic carbocycles. The number of halogens is 1. The third kappa shape index (κ3) is 3.84. The first-order chi connectivity index (χ1) is 8.06. The van der Waals surface area contributed by atoms with Gasteiger partial charge in [-0.25, -0.2) is 0 Å². The van der Waals surface area contributed by atoms with E-state index in [-0.39, 0.29) is 11.7 Å². The molecular weight excluding hydrogens is 240 g/mol. The molecule has 0 saturated carbocycles. The molecule has 0 amide bonds. The van der Waals surface area contributed by atoms with Crippen LogP contribution in [0.2, 0.25) is 5.02 Å². The second-order valence-electron chi connectivity index (χ2n) is 3.80. The average Bonchev–Trinajstić information content (AvgIpc) is 2.27. The van der Waals surface area contributed by atoms with Gasteiger partial charge in [-0.1, -0.05) is 23.7 Å². The molecule has 0 aliphatic rings. The van der Waals surface area contributed by atoms with Crippen molar-refractivity contribution in [2.45, 2.75) is 25.9 Å². The Bertz CT molecular complexity index is 421. The molecule has 0 aliphatic heterocycles. The van der Waals surface area contributed by atoms with E-state index in [1.54, 1.807) is 18.2 Å². The lowest BCUT2D eigenvalue weighted by Gasteiger charge is -2.12. The maximum Gasteiger partial charge on any atom is 0.275 e. The Morgan fingerprint density at radius 2 is 2.35 bits per heavy atom. The summed E-state index contributed by atoms with van der Waals surface area (Å²) in [5, 5.41) is 14.4. The molecule has 0 bridgehead atoms. The third-order valence-electron chi connectivity index (χ3n) is 2.44. The quantitative estimate of drug-likeness (QED) is 0.481. The van der Waals surface area contributed by atoms with Crippen LogP contribution in [0, 0.1) is 10.1 Å². The second-order valence-corrected chi connectivity index (χ2v) is 4.21. The Balaban J connectivity index is 2.82. The van der Waals surface area contributed by atoms with Crippen LogP contribution in [0.15, 0.2) is 30.9 Å². The van der Waals surface area contributed by atoms with Crippen LogP contribution >= 0.6 is 11.6 Å². The largest absolute Gasteiger partial charge is 0.310 e. The molecule has 1 atom stereocenters. The highest BCUT2D eigenvalue weighted by molar-refractivity contribution is 6.31. The Morgan fingerprint density at radius 3 is 2.94 bits per heavy atom. The smallest absolute Gasteiger partial charge is 0.275 e. The minimum atomic E-state index is -0.416. The van der Waals surface area contributed by atoms with Gasteiger partial charge < -0.3 is 5.32 Å². The van der Waals surface area contributed by atoms with Crippen molar-refractivity contribution in [3.8, 4) is 0 Å². The molecule has 0 radical (unpaired) electrons. The van der Waals surface area contributed by atoms with Gasteiger partial charge in [0.05, 0.1) is 15.5 Å². The van der Waals surface area contributed by atoms with Gasteiger partial charge in [-0.15, -0.1) is 6.58 Å². The van der Waals surface area contributed by atoms with E-state index in [4.69, 9.17) is 11.6 Å². The zero-order valence-corrected chi connectivity index (χ0v) is 10.4. The summed E-state index contributed by atoms with van der Waals surface area (Å²) in [6, 6.07) is 4.91. The van der Waals surface area contributed by atoms with Crippen LogP contribution < -0.4 is 5.32 Å². The van der Waals surface area contributed by atoms with Gasteiger partial charge >= 0.3 is 0 Å². The van der Waals surface area contributed by atoms with Gasteiger partial charge in [0.25, 0.3) is 5.69 Å². The van der Waals surface area contributed by atoms with Gasteiger partial charge in [0.2, 0.25) is 0 Å². The van der Waals surface area contributed by atoms with Gasteiger partial charge in [0, 0.05) is 18.7 Å². The van der Waals surface area contributed by atoms with E-state index < -0.39 is 4.92 Å². The average molecular weight is 255 g/mol. The summed E-state index contributed by atoms with van der Waals surface area (Å²) >= 11 is 5.97. The van der Waals surface area contributed by atoms with Gasteiger partial charge in [-0.05, 0) is 19.4 Å².